The van der Waals surface area contributed by atoms with Gasteiger partial charge in [0, 0.05) is 6.92 Å². The van der Waals surface area contributed by atoms with Gasteiger partial charge in [0.2, 0.25) is 5.71 Å². The molecule has 15 heavy (non-hydrogen) atoms. The second-order valence-corrected chi connectivity index (χ2v) is 5.23. The summed E-state index contributed by atoms with van der Waals surface area (Å²) in [5, 5.41) is 3.48. The lowest BCUT2D eigenvalue weighted by Gasteiger charge is -2.02. The summed E-state index contributed by atoms with van der Waals surface area (Å²) in [6.07, 6.45) is 3.92. The van der Waals surface area contributed by atoms with Gasteiger partial charge >= 0.3 is 11.9 Å². The Morgan fingerprint density at radius 2 is 1.93 bits per heavy atom. The number of ether oxygens (including phenoxy) is 1. The van der Waals surface area contributed by atoms with Gasteiger partial charge in [0.05, 0.1) is 19.1 Å². The molecule has 86 valence electrons. The number of oxime groups is 1. The molecule has 0 radical (unpaired) electrons. The minimum Gasteiger partial charge on any atom is -0.461 e. The smallest absolute Gasteiger partial charge is 0.361 e. The molecule has 0 heterocycles. The van der Waals surface area contributed by atoms with Crippen LogP contribution in [0.5, 0.6) is 0 Å². The molecule has 0 aromatic carbocycles. The van der Waals surface area contributed by atoms with Crippen LogP contribution in [0.3, 0.4) is 0 Å². The van der Waals surface area contributed by atoms with Crippen molar-refractivity contribution in [2.24, 2.45) is 5.16 Å². The van der Waals surface area contributed by atoms with E-state index < -0.39 is 11.9 Å². The lowest BCUT2D eigenvalue weighted by Crippen LogP contribution is -2.26. The molecule has 0 aromatic heterocycles. The average molecular weight is 234 g/mol. The van der Waals surface area contributed by atoms with E-state index in [1.54, 1.807) is 6.92 Å². The SMILES string of the molecule is CCOC(=O)C(C[S+](C)C)=NOC(C)=O. The van der Waals surface area contributed by atoms with E-state index in [2.05, 4.69) is 9.99 Å². The van der Waals surface area contributed by atoms with E-state index in [1.807, 2.05) is 12.5 Å². The summed E-state index contributed by atoms with van der Waals surface area (Å²) < 4.78 is 4.78. The number of carbonyl (C=O) groups is 2. The summed E-state index contributed by atoms with van der Waals surface area (Å²) in [5.41, 5.74) is 0.153. The van der Waals surface area contributed by atoms with E-state index in [4.69, 9.17) is 4.74 Å². The maximum atomic E-state index is 11.4. The van der Waals surface area contributed by atoms with Crippen molar-refractivity contribution in [3.8, 4) is 0 Å². The molecule has 0 saturated carbocycles. The molecule has 0 fully saturated rings. The molecule has 0 aliphatic carbocycles. The van der Waals surface area contributed by atoms with E-state index in [0.717, 1.165) is 0 Å². The molecule has 5 nitrogen and oxygen atoms in total. The fraction of sp³-hybridized carbons (Fsp3) is 0.667. The largest absolute Gasteiger partial charge is 0.461 e. The van der Waals surface area contributed by atoms with Crippen molar-refractivity contribution in [1.82, 2.24) is 0 Å². The summed E-state index contributed by atoms with van der Waals surface area (Å²) in [5.74, 6) is -0.629. The molecule has 0 aliphatic rings. The van der Waals surface area contributed by atoms with E-state index >= 15 is 0 Å². The minimum atomic E-state index is -0.552. The monoisotopic (exact) mass is 234 g/mol. The van der Waals surface area contributed by atoms with Crippen LogP contribution >= 0.6 is 0 Å². The van der Waals surface area contributed by atoms with Crippen molar-refractivity contribution in [1.29, 1.82) is 0 Å². The Morgan fingerprint density at radius 1 is 1.33 bits per heavy atom. The van der Waals surface area contributed by atoms with E-state index in [0.29, 0.717) is 5.75 Å². The third kappa shape index (κ3) is 6.96. The van der Waals surface area contributed by atoms with Crippen molar-refractivity contribution in [3.05, 3.63) is 0 Å². The van der Waals surface area contributed by atoms with Gasteiger partial charge in [0.25, 0.3) is 0 Å². The van der Waals surface area contributed by atoms with Gasteiger partial charge in [-0.15, -0.1) is 0 Å². The molecule has 0 amide bonds. The predicted molar refractivity (Wildman–Crippen MR) is 59.9 cm³/mol. The number of esters is 1. The van der Waals surface area contributed by atoms with Gasteiger partial charge in [-0.2, -0.15) is 0 Å². The summed E-state index contributed by atoms with van der Waals surface area (Å²) >= 11 is 0. The Bertz CT molecular complexity index is 263. The standard InChI is InChI=1S/C9H16NO4S/c1-5-13-9(12)8(6-15(3)4)10-14-7(2)11/h5-6H2,1-4H3/q+1. The highest BCUT2D eigenvalue weighted by atomic mass is 32.2. The molecule has 0 aromatic rings. The normalized spacial score (nSPS) is 11.4. The molecule has 0 bridgehead atoms. The van der Waals surface area contributed by atoms with Crippen LogP contribution in [-0.4, -0.2) is 42.5 Å². The number of nitrogens with zero attached hydrogens (tertiary/aromatic N) is 1. The highest BCUT2D eigenvalue weighted by Gasteiger charge is 2.20. The summed E-state index contributed by atoms with van der Waals surface area (Å²) in [4.78, 5) is 26.3. The quantitative estimate of drug-likeness (QED) is 0.226. The zero-order valence-electron chi connectivity index (χ0n) is 9.40. The number of rotatable bonds is 5. The van der Waals surface area contributed by atoms with Gasteiger partial charge in [-0.3, -0.25) is 0 Å². The van der Waals surface area contributed by atoms with Crippen molar-refractivity contribution >= 4 is 28.5 Å². The maximum absolute atomic E-state index is 11.4. The van der Waals surface area contributed by atoms with Crippen LogP contribution in [0, 0.1) is 0 Å². The third-order valence-electron chi connectivity index (χ3n) is 1.22. The van der Waals surface area contributed by atoms with Crippen molar-refractivity contribution < 1.29 is 19.2 Å². The predicted octanol–water partition coefficient (Wildman–Crippen LogP) is 0.346. The van der Waals surface area contributed by atoms with Crippen molar-refractivity contribution in [2.75, 3.05) is 24.9 Å². The molecule has 0 saturated heterocycles. The highest BCUT2D eigenvalue weighted by Crippen LogP contribution is 1.94. The van der Waals surface area contributed by atoms with Gasteiger partial charge in [0.1, 0.15) is 0 Å². The number of hydrogen-bond acceptors (Lipinski definition) is 5. The van der Waals surface area contributed by atoms with Gasteiger partial charge in [-0.25, -0.2) is 9.59 Å². The van der Waals surface area contributed by atoms with Gasteiger partial charge < -0.3 is 9.57 Å². The Balaban J connectivity index is 4.49. The maximum Gasteiger partial charge on any atom is 0.361 e. The Labute approximate surface area is 92.1 Å². The van der Waals surface area contributed by atoms with Crippen molar-refractivity contribution in [3.63, 3.8) is 0 Å². The van der Waals surface area contributed by atoms with Crippen LogP contribution in [0.25, 0.3) is 0 Å². The fourth-order valence-electron chi connectivity index (χ4n) is 0.730. The molecular weight excluding hydrogens is 218 g/mol. The van der Waals surface area contributed by atoms with Gasteiger partial charge in [0.15, 0.2) is 5.75 Å². The Kier molecular flexibility index (Phi) is 6.77. The second kappa shape index (κ2) is 7.28. The Hall–Kier alpha value is -1.04. The molecule has 0 spiro atoms. The van der Waals surface area contributed by atoms with Crippen LogP contribution in [0.4, 0.5) is 0 Å². The molecule has 0 rings (SSSR count). The van der Waals surface area contributed by atoms with Crippen molar-refractivity contribution in [2.45, 2.75) is 13.8 Å². The highest BCUT2D eigenvalue weighted by molar-refractivity contribution is 7.96. The zero-order valence-corrected chi connectivity index (χ0v) is 10.2. The fourth-order valence-corrected chi connectivity index (χ4v) is 1.45. The topological polar surface area (TPSA) is 65.0 Å². The number of hydrogen-bond donors (Lipinski definition) is 0. The zero-order chi connectivity index (χ0) is 11.8. The van der Waals surface area contributed by atoms with Crippen LogP contribution < -0.4 is 0 Å². The number of carbonyl (C=O) groups excluding carboxylic acids is 2. The first-order chi connectivity index (χ1) is 6.97. The first-order valence-electron chi connectivity index (χ1n) is 4.43. The van der Waals surface area contributed by atoms with Gasteiger partial charge in [-0.05, 0) is 17.8 Å². The van der Waals surface area contributed by atoms with Crippen LogP contribution in [0.15, 0.2) is 5.16 Å². The van der Waals surface area contributed by atoms with Crippen LogP contribution in [0.2, 0.25) is 0 Å². The second-order valence-electron chi connectivity index (χ2n) is 2.97. The van der Waals surface area contributed by atoms with E-state index in [9.17, 15) is 9.59 Å². The van der Waals surface area contributed by atoms with Gasteiger partial charge in [-0.1, -0.05) is 5.16 Å². The molecule has 0 atom stereocenters. The molecular formula is C9H16NO4S+. The average Bonchev–Trinajstić information content (AvgIpc) is 2.11. The summed E-state index contributed by atoms with van der Waals surface area (Å²) in [6, 6.07) is 0. The molecule has 0 aliphatic heterocycles. The van der Waals surface area contributed by atoms with E-state index in [-0.39, 0.29) is 23.2 Å². The summed E-state index contributed by atoms with van der Waals surface area (Å²) in [7, 11) is -0.00744. The molecule has 0 unspecified atom stereocenters. The van der Waals surface area contributed by atoms with Crippen LogP contribution in [-0.2, 0) is 30.1 Å². The van der Waals surface area contributed by atoms with E-state index in [1.165, 1.54) is 6.92 Å². The Morgan fingerprint density at radius 3 is 2.33 bits per heavy atom. The lowest BCUT2D eigenvalue weighted by atomic mass is 10.4. The summed E-state index contributed by atoms with van der Waals surface area (Å²) in [6.45, 7) is 3.21. The first-order valence-corrected chi connectivity index (χ1v) is 6.64. The molecule has 6 heteroatoms. The third-order valence-corrected chi connectivity index (χ3v) is 2.07. The minimum absolute atomic E-state index is 0.00744. The van der Waals surface area contributed by atoms with Crippen LogP contribution in [0.1, 0.15) is 13.8 Å². The first kappa shape index (κ1) is 14.0. The molecule has 0 N–H and O–H groups in total. The lowest BCUT2D eigenvalue weighted by molar-refractivity contribution is -0.141.